The number of fused-ring (bicyclic) bond motifs is 3. The van der Waals surface area contributed by atoms with Crippen molar-refractivity contribution in [3.8, 4) is 11.5 Å². The average Bonchev–Trinajstić information content (AvgIpc) is 3.20. The number of rotatable bonds is 9. The number of para-hydroxylation sites is 1. The highest BCUT2D eigenvalue weighted by Gasteiger charge is 2.12. The number of aromatic nitrogens is 1. The van der Waals surface area contributed by atoms with Crippen LogP contribution in [0.25, 0.3) is 21.8 Å². The van der Waals surface area contributed by atoms with E-state index in [1.54, 1.807) is 18.2 Å². The summed E-state index contributed by atoms with van der Waals surface area (Å²) in [6.07, 6.45) is 1.08. The SMILES string of the molecule is C=CC.OC(CNCCOc1cc(Cl)c(Cl)cc1Cl)COc1cccc2[nH]c3ccccc3c12. The third kappa shape index (κ3) is 6.81. The Morgan fingerprint density at radius 2 is 1.68 bits per heavy atom. The minimum atomic E-state index is -0.672. The first-order chi connectivity index (χ1) is 16.4. The van der Waals surface area contributed by atoms with Crippen molar-refractivity contribution in [1.29, 1.82) is 0 Å². The first-order valence-electron chi connectivity index (χ1n) is 10.8. The van der Waals surface area contributed by atoms with Gasteiger partial charge in [0.2, 0.25) is 0 Å². The maximum atomic E-state index is 10.3. The Balaban J connectivity index is 0.00000103. The molecule has 34 heavy (non-hydrogen) atoms. The Bertz CT molecular complexity index is 1240. The number of benzene rings is 3. The number of allylic oxidation sites excluding steroid dienone is 1. The van der Waals surface area contributed by atoms with E-state index >= 15 is 0 Å². The van der Waals surface area contributed by atoms with E-state index in [-0.39, 0.29) is 6.61 Å². The van der Waals surface area contributed by atoms with E-state index < -0.39 is 6.10 Å². The molecule has 0 aliphatic carbocycles. The molecule has 0 bridgehead atoms. The molecule has 3 aromatic carbocycles. The summed E-state index contributed by atoms with van der Waals surface area (Å²) < 4.78 is 11.5. The van der Waals surface area contributed by atoms with Crippen molar-refractivity contribution >= 4 is 56.6 Å². The van der Waals surface area contributed by atoms with Gasteiger partial charge in [0.05, 0.1) is 20.6 Å². The maximum absolute atomic E-state index is 10.3. The van der Waals surface area contributed by atoms with Gasteiger partial charge in [-0.15, -0.1) is 6.58 Å². The predicted octanol–water partition coefficient (Wildman–Crippen LogP) is 6.88. The van der Waals surface area contributed by atoms with E-state index in [4.69, 9.17) is 44.3 Å². The molecule has 0 spiro atoms. The van der Waals surface area contributed by atoms with E-state index in [1.165, 1.54) is 0 Å². The van der Waals surface area contributed by atoms with Gasteiger partial charge in [0.25, 0.3) is 0 Å². The quantitative estimate of drug-likeness (QED) is 0.128. The van der Waals surface area contributed by atoms with E-state index in [0.29, 0.717) is 40.5 Å². The number of halogens is 3. The van der Waals surface area contributed by atoms with Crippen molar-refractivity contribution in [3.05, 3.63) is 82.3 Å². The van der Waals surface area contributed by atoms with Crippen LogP contribution in [0.2, 0.25) is 15.1 Å². The zero-order valence-corrected chi connectivity index (χ0v) is 21.1. The van der Waals surface area contributed by atoms with Crippen LogP contribution in [0.1, 0.15) is 6.92 Å². The molecule has 5 nitrogen and oxygen atoms in total. The molecular weight excluding hydrogens is 495 g/mol. The Hall–Kier alpha value is -2.41. The van der Waals surface area contributed by atoms with Crippen molar-refractivity contribution in [2.75, 3.05) is 26.3 Å². The normalized spacial score (nSPS) is 11.7. The summed E-state index contributed by atoms with van der Waals surface area (Å²) in [4.78, 5) is 3.38. The summed E-state index contributed by atoms with van der Waals surface area (Å²) in [5, 5.41) is 16.7. The lowest BCUT2D eigenvalue weighted by molar-refractivity contribution is 0.106. The molecule has 0 radical (unpaired) electrons. The third-order valence-electron chi connectivity index (χ3n) is 4.81. The van der Waals surface area contributed by atoms with Gasteiger partial charge in [-0.25, -0.2) is 0 Å². The van der Waals surface area contributed by atoms with Crippen LogP contribution in [0.3, 0.4) is 0 Å². The monoisotopic (exact) mass is 520 g/mol. The van der Waals surface area contributed by atoms with Gasteiger partial charge in [-0.05, 0) is 31.2 Å². The minimum absolute atomic E-state index is 0.172. The van der Waals surface area contributed by atoms with Gasteiger partial charge < -0.3 is 24.9 Å². The summed E-state index contributed by atoms with van der Waals surface area (Å²) in [6, 6.07) is 17.1. The van der Waals surface area contributed by atoms with Crippen LogP contribution >= 0.6 is 34.8 Å². The van der Waals surface area contributed by atoms with Gasteiger partial charge in [-0.2, -0.15) is 0 Å². The molecule has 1 aromatic heterocycles. The number of aromatic amines is 1. The number of hydrogen-bond acceptors (Lipinski definition) is 4. The van der Waals surface area contributed by atoms with Crippen LogP contribution in [-0.4, -0.2) is 42.5 Å². The molecule has 0 amide bonds. The van der Waals surface area contributed by atoms with E-state index in [0.717, 1.165) is 27.6 Å². The summed E-state index contributed by atoms with van der Waals surface area (Å²) in [5.41, 5.74) is 2.06. The van der Waals surface area contributed by atoms with Crippen LogP contribution < -0.4 is 14.8 Å². The molecule has 4 aromatic rings. The predicted molar refractivity (Wildman–Crippen MR) is 143 cm³/mol. The highest BCUT2D eigenvalue weighted by Crippen LogP contribution is 2.34. The molecule has 0 aliphatic heterocycles. The van der Waals surface area contributed by atoms with Gasteiger partial charge in [0, 0.05) is 35.4 Å². The number of hydrogen-bond donors (Lipinski definition) is 3. The van der Waals surface area contributed by atoms with Crippen molar-refractivity contribution in [2.45, 2.75) is 13.0 Å². The molecule has 0 saturated heterocycles. The Kier molecular flexibility index (Phi) is 9.93. The van der Waals surface area contributed by atoms with Crippen LogP contribution in [0.15, 0.2) is 67.3 Å². The van der Waals surface area contributed by atoms with E-state index in [1.807, 2.05) is 43.3 Å². The standard InChI is InChI=1S/C23H21Cl3N2O3.C3H6/c24-16-10-18(26)22(11-17(16)25)30-9-8-27-12-14(29)13-31-21-7-3-6-20-23(21)15-4-1-2-5-19(15)28-20;1-3-2/h1-7,10-11,14,27-29H,8-9,12-13H2;3H,1H2,2H3. The summed E-state index contributed by atoms with van der Waals surface area (Å²) in [6.45, 7) is 6.67. The highest BCUT2D eigenvalue weighted by molar-refractivity contribution is 6.43. The van der Waals surface area contributed by atoms with Gasteiger partial charge in [-0.1, -0.05) is 65.1 Å². The fourth-order valence-corrected chi connectivity index (χ4v) is 3.94. The lowest BCUT2D eigenvalue weighted by Crippen LogP contribution is -2.33. The lowest BCUT2D eigenvalue weighted by atomic mass is 10.1. The third-order valence-corrected chi connectivity index (χ3v) is 5.83. The average molecular weight is 522 g/mol. The molecule has 0 aliphatic rings. The fourth-order valence-electron chi connectivity index (χ4n) is 3.35. The van der Waals surface area contributed by atoms with Gasteiger partial charge in [-0.3, -0.25) is 0 Å². The first kappa shape index (κ1) is 26.2. The maximum Gasteiger partial charge on any atom is 0.139 e. The second kappa shape index (κ2) is 12.9. The fraction of sp³-hybridized carbons (Fsp3) is 0.231. The van der Waals surface area contributed by atoms with Crippen LogP contribution in [0.4, 0.5) is 0 Å². The smallest absolute Gasteiger partial charge is 0.139 e. The van der Waals surface area contributed by atoms with Crippen molar-refractivity contribution in [3.63, 3.8) is 0 Å². The van der Waals surface area contributed by atoms with Crippen molar-refractivity contribution in [2.24, 2.45) is 0 Å². The van der Waals surface area contributed by atoms with Crippen LogP contribution in [-0.2, 0) is 0 Å². The molecule has 0 fully saturated rings. The Labute approximate surface area is 214 Å². The zero-order chi connectivity index (χ0) is 24.5. The summed E-state index contributed by atoms with van der Waals surface area (Å²) in [5.74, 6) is 1.21. The van der Waals surface area contributed by atoms with Crippen LogP contribution in [0.5, 0.6) is 11.5 Å². The molecule has 1 atom stereocenters. The molecule has 8 heteroatoms. The number of aliphatic hydroxyl groups is 1. The summed E-state index contributed by atoms with van der Waals surface area (Å²) >= 11 is 18.0. The second-order valence-corrected chi connectivity index (χ2v) is 8.69. The second-order valence-electron chi connectivity index (χ2n) is 7.47. The van der Waals surface area contributed by atoms with E-state index in [9.17, 15) is 5.11 Å². The molecular formula is C26H27Cl3N2O3. The van der Waals surface area contributed by atoms with Crippen molar-refractivity contribution < 1.29 is 14.6 Å². The zero-order valence-electron chi connectivity index (χ0n) is 18.8. The number of aliphatic hydroxyl groups excluding tert-OH is 1. The molecule has 1 heterocycles. The minimum Gasteiger partial charge on any atom is -0.491 e. The summed E-state index contributed by atoms with van der Waals surface area (Å²) in [7, 11) is 0. The Morgan fingerprint density at radius 3 is 2.47 bits per heavy atom. The molecule has 4 rings (SSSR count). The molecule has 180 valence electrons. The molecule has 0 saturated carbocycles. The van der Waals surface area contributed by atoms with Gasteiger partial charge >= 0.3 is 0 Å². The first-order valence-corrected chi connectivity index (χ1v) is 11.9. The number of H-pyrrole nitrogens is 1. The molecule has 1 unspecified atom stereocenters. The van der Waals surface area contributed by atoms with E-state index in [2.05, 4.69) is 22.9 Å². The molecule has 3 N–H and O–H groups in total. The Morgan fingerprint density at radius 1 is 0.971 bits per heavy atom. The number of ether oxygens (including phenoxy) is 2. The van der Waals surface area contributed by atoms with Crippen LogP contribution in [0, 0.1) is 0 Å². The van der Waals surface area contributed by atoms with Gasteiger partial charge in [0.1, 0.15) is 30.8 Å². The lowest BCUT2D eigenvalue weighted by Gasteiger charge is -2.15. The van der Waals surface area contributed by atoms with Gasteiger partial charge in [0.15, 0.2) is 0 Å². The van der Waals surface area contributed by atoms with Crippen molar-refractivity contribution in [1.82, 2.24) is 10.3 Å². The topological polar surface area (TPSA) is 66.5 Å². The highest BCUT2D eigenvalue weighted by atomic mass is 35.5. The largest absolute Gasteiger partial charge is 0.491 e. The number of nitrogens with one attached hydrogen (secondary N) is 2.